The minimum Gasteiger partial charge on any atom is -0.341 e. The fourth-order valence-corrected chi connectivity index (χ4v) is 6.97. The Morgan fingerprint density at radius 1 is 1.07 bits per heavy atom. The normalized spacial score (nSPS) is 38.0. The molecule has 2 aliphatic carbocycles. The second-order valence-corrected chi connectivity index (χ2v) is 10.8. The summed E-state index contributed by atoms with van der Waals surface area (Å²) in [6.07, 6.45) is 10.0. The van der Waals surface area contributed by atoms with Crippen LogP contribution in [0.25, 0.3) is 0 Å². The van der Waals surface area contributed by atoms with Crippen molar-refractivity contribution < 1.29 is 9.59 Å². The van der Waals surface area contributed by atoms with Gasteiger partial charge in [0.15, 0.2) is 0 Å². The summed E-state index contributed by atoms with van der Waals surface area (Å²) in [5.74, 6) is 2.54. The smallest absolute Gasteiger partial charge is 0.227 e. The first kappa shape index (κ1) is 18.9. The van der Waals surface area contributed by atoms with E-state index in [-0.39, 0.29) is 17.9 Å². The molecule has 0 unspecified atom stereocenters. The molecule has 0 bridgehead atoms. The third kappa shape index (κ3) is 3.38. The van der Waals surface area contributed by atoms with Gasteiger partial charge >= 0.3 is 0 Å². The van der Waals surface area contributed by atoms with E-state index in [9.17, 15) is 9.59 Å². The van der Waals surface area contributed by atoms with E-state index in [0.717, 1.165) is 63.6 Å². The Balaban J connectivity index is 1.15. The Labute approximate surface area is 169 Å². The van der Waals surface area contributed by atoms with Crippen molar-refractivity contribution in [2.75, 3.05) is 39.3 Å². The minimum atomic E-state index is 0.0575. The number of carbonyl (C=O) groups excluding carboxylic acids is 2. The first-order chi connectivity index (χ1) is 13.5. The highest BCUT2D eigenvalue weighted by Crippen LogP contribution is 2.43. The van der Waals surface area contributed by atoms with Crippen LogP contribution >= 0.6 is 0 Å². The van der Waals surface area contributed by atoms with Gasteiger partial charge in [-0.3, -0.25) is 9.59 Å². The van der Waals surface area contributed by atoms with E-state index in [4.69, 9.17) is 0 Å². The van der Waals surface area contributed by atoms with Gasteiger partial charge in [0.1, 0.15) is 0 Å². The SMILES string of the molecule is CC1CC(CN2CCC3(C2)CN(C(=O)[C@@H]2CCCC[C@@H]2N2CCCC2=O)C3)C1. The van der Waals surface area contributed by atoms with E-state index >= 15 is 0 Å². The summed E-state index contributed by atoms with van der Waals surface area (Å²) in [5, 5.41) is 0. The molecule has 156 valence electrons. The summed E-state index contributed by atoms with van der Waals surface area (Å²) in [4.78, 5) is 32.4. The molecule has 0 aromatic rings. The number of nitrogens with zero attached hydrogens (tertiary/aromatic N) is 3. The number of amides is 2. The van der Waals surface area contributed by atoms with Crippen molar-refractivity contribution in [1.82, 2.24) is 14.7 Å². The van der Waals surface area contributed by atoms with Crippen molar-refractivity contribution in [1.29, 1.82) is 0 Å². The highest BCUT2D eigenvalue weighted by atomic mass is 16.2. The average molecular weight is 388 g/mol. The lowest BCUT2D eigenvalue weighted by atomic mass is 9.75. The fraction of sp³-hybridized carbons (Fsp3) is 0.913. The molecule has 5 nitrogen and oxygen atoms in total. The van der Waals surface area contributed by atoms with Crippen molar-refractivity contribution in [3.63, 3.8) is 0 Å². The second-order valence-electron chi connectivity index (χ2n) is 10.8. The summed E-state index contributed by atoms with van der Waals surface area (Å²) >= 11 is 0. The molecule has 1 spiro atoms. The molecule has 0 aromatic carbocycles. The molecule has 3 heterocycles. The van der Waals surface area contributed by atoms with Crippen LogP contribution in [-0.4, -0.2) is 71.8 Å². The van der Waals surface area contributed by atoms with Crippen LogP contribution in [-0.2, 0) is 9.59 Å². The van der Waals surface area contributed by atoms with Crippen molar-refractivity contribution in [3.05, 3.63) is 0 Å². The van der Waals surface area contributed by atoms with Gasteiger partial charge in [-0.05, 0) is 56.9 Å². The third-order valence-corrected chi connectivity index (χ3v) is 8.43. The molecule has 5 heteroatoms. The molecule has 3 aliphatic heterocycles. The van der Waals surface area contributed by atoms with Gasteiger partial charge in [0, 0.05) is 50.6 Å². The molecule has 0 aromatic heterocycles. The van der Waals surface area contributed by atoms with Crippen molar-refractivity contribution in [2.45, 2.75) is 70.8 Å². The maximum Gasteiger partial charge on any atom is 0.227 e. The summed E-state index contributed by atoms with van der Waals surface area (Å²) in [7, 11) is 0. The van der Waals surface area contributed by atoms with Crippen molar-refractivity contribution in [3.8, 4) is 0 Å². The Morgan fingerprint density at radius 2 is 1.86 bits per heavy atom. The van der Waals surface area contributed by atoms with Gasteiger partial charge in [-0.25, -0.2) is 0 Å². The molecule has 2 amide bonds. The Hall–Kier alpha value is -1.10. The van der Waals surface area contributed by atoms with Gasteiger partial charge in [-0.15, -0.1) is 0 Å². The highest BCUT2D eigenvalue weighted by molar-refractivity contribution is 5.83. The maximum atomic E-state index is 13.3. The lowest BCUT2D eigenvalue weighted by Crippen LogP contribution is -2.62. The maximum absolute atomic E-state index is 13.3. The van der Waals surface area contributed by atoms with E-state index in [0.29, 0.717) is 17.7 Å². The van der Waals surface area contributed by atoms with Crippen LogP contribution in [0.5, 0.6) is 0 Å². The zero-order valence-corrected chi connectivity index (χ0v) is 17.6. The molecule has 2 saturated carbocycles. The molecular formula is C23H37N3O2. The molecule has 2 atom stereocenters. The topological polar surface area (TPSA) is 43.9 Å². The standard InChI is InChI=1S/C23H37N3O2/c1-17-11-18(12-17)13-24-10-8-23(14-24)15-25(16-23)22(28)19-5-2-3-6-20(19)26-9-4-7-21(26)27/h17-20H,2-16H2,1H3/t17?,18?,19-,20+/m1/s1. The van der Waals surface area contributed by atoms with E-state index < -0.39 is 0 Å². The number of rotatable bonds is 4. The van der Waals surface area contributed by atoms with Gasteiger partial charge in [0.2, 0.25) is 11.8 Å². The van der Waals surface area contributed by atoms with Gasteiger partial charge in [-0.1, -0.05) is 19.8 Å². The second kappa shape index (κ2) is 7.30. The Bertz CT molecular complexity index is 623. The van der Waals surface area contributed by atoms with E-state index in [1.54, 1.807) is 0 Å². The zero-order valence-electron chi connectivity index (χ0n) is 17.6. The van der Waals surface area contributed by atoms with Gasteiger partial charge in [0.05, 0.1) is 5.92 Å². The summed E-state index contributed by atoms with van der Waals surface area (Å²) in [5.41, 5.74) is 0.374. The molecular weight excluding hydrogens is 350 g/mol. The van der Waals surface area contributed by atoms with Crippen molar-refractivity contribution in [2.24, 2.45) is 23.2 Å². The summed E-state index contributed by atoms with van der Waals surface area (Å²) in [6.45, 7) is 8.85. The Morgan fingerprint density at radius 3 is 2.57 bits per heavy atom. The fourth-order valence-electron chi connectivity index (χ4n) is 6.97. The zero-order chi connectivity index (χ0) is 19.3. The average Bonchev–Trinajstić information content (AvgIpc) is 3.25. The predicted octanol–water partition coefficient (Wildman–Crippen LogP) is 2.75. The van der Waals surface area contributed by atoms with Crippen LogP contribution in [0.15, 0.2) is 0 Å². The van der Waals surface area contributed by atoms with E-state index in [1.165, 1.54) is 38.9 Å². The first-order valence-corrected chi connectivity index (χ1v) is 11.8. The highest BCUT2D eigenvalue weighted by Gasteiger charge is 2.51. The molecule has 5 rings (SSSR count). The number of hydrogen-bond donors (Lipinski definition) is 0. The van der Waals surface area contributed by atoms with Crippen LogP contribution in [0.4, 0.5) is 0 Å². The van der Waals surface area contributed by atoms with Crippen LogP contribution in [0.2, 0.25) is 0 Å². The Kier molecular flexibility index (Phi) is 4.93. The van der Waals surface area contributed by atoms with Crippen LogP contribution in [0.1, 0.15) is 64.7 Å². The minimum absolute atomic E-state index is 0.0575. The largest absolute Gasteiger partial charge is 0.341 e. The van der Waals surface area contributed by atoms with Crippen LogP contribution in [0.3, 0.4) is 0 Å². The van der Waals surface area contributed by atoms with Gasteiger partial charge < -0.3 is 14.7 Å². The third-order valence-electron chi connectivity index (χ3n) is 8.43. The summed E-state index contributed by atoms with van der Waals surface area (Å²) < 4.78 is 0. The van der Waals surface area contributed by atoms with Gasteiger partial charge in [-0.2, -0.15) is 0 Å². The molecule has 0 N–H and O–H groups in total. The van der Waals surface area contributed by atoms with E-state index in [1.807, 2.05) is 4.90 Å². The van der Waals surface area contributed by atoms with Crippen molar-refractivity contribution >= 4 is 11.8 Å². The molecule has 3 saturated heterocycles. The van der Waals surface area contributed by atoms with Crippen LogP contribution < -0.4 is 0 Å². The first-order valence-electron chi connectivity index (χ1n) is 11.8. The predicted molar refractivity (Wildman–Crippen MR) is 109 cm³/mol. The van der Waals surface area contributed by atoms with Gasteiger partial charge in [0.25, 0.3) is 0 Å². The monoisotopic (exact) mass is 387 g/mol. The van der Waals surface area contributed by atoms with Crippen LogP contribution in [0, 0.1) is 23.2 Å². The quantitative estimate of drug-likeness (QED) is 0.745. The molecule has 0 radical (unpaired) electrons. The molecule has 28 heavy (non-hydrogen) atoms. The molecule has 5 fully saturated rings. The number of carbonyl (C=O) groups is 2. The summed E-state index contributed by atoms with van der Waals surface area (Å²) in [6, 6.07) is 0.175. The lowest BCUT2D eigenvalue weighted by Gasteiger charge is -2.51. The number of likely N-dealkylation sites (tertiary alicyclic amines) is 3. The van der Waals surface area contributed by atoms with E-state index in [2.05, 4.69) is 16.7 Å². The lowest BCUT2D eigenvalue weighted by molar-refractivity contribution is -0.152. The molecule has 5 aliphatic rings. The number of hydrogen-bond acceptors (Lipinski definition) is 3.